The summed E-state index contributed by atoms with van der Waals surface area (Å²) >= 11 is 0. The average Bonchev–Trinajstić information content (AvgIpc) is 2.88. The highest BCUT2D eigenvalue weighted by molar-refractivity contribution is 5.99. The van der Waals surface area contributed by atoms with E-state index in [1.54, 1.807) is 25.3 Å². The van der Waals surface area contributed by atoms with Crippen LogP contribution in [0.3, 0.4) is 0 Å². The first kappa shape index (κ1) is 14.7. The minimum absolute atomic E-state index is 0.00755. The number of carbonyl (C=O) groups is 1. The second-order valence-electron chi connectivity index (χ2n) is 6.56. The van der Waals surface area contributed by atoms with Gasteiger partial charge in [0.15, 0.2) is 0 Å². The monoisotopic (exact) mass is 276 g/mol. The van der Waals surface area contributed by atoms with Crippen molar-refractivity contribution >= 4 is 11.6 Å². The molecule has 4 nitrogen and oxygen atoms in total. The first-order chi connectivity index (χ1) is 9.32. The number of rotatable bonds is 2. The standard InChI is InChI=1S/C16H24N2O2/c1-16(2,3)11-7-8-18(10-11)15(19)13-9-12(20-4)5-6-14(13)17/h5-6,9,11H,7-8,10,17H2,1-4H3. The van der Waals surface area contributed by atoms with Gasteiger partial charge in [0.1, 0.15) is 5.75 Å². The van der Waals surface area contributed by atoms with Gasteiger partial charge in [-0.2, -0.15) is 0 Å². The van der Waals surface area contributed by atoms with Gasteiger partial charge in [0.05, 0.1) is 12.7 Å². The number of ether oxygens (including phenoxy) is 1. The van der Waals surface area contributed by atoms with Crippen LogP contribution < -0.4 is 10.5 Å². The molecular formula is C16H24N2O2. The lowest BCUT2D eigenvalue weighted by molar-refractivity contribution is 0.0777. The van der Waals surface area contributed by atoms with E-state index in [2.05, 4.69) is 20.8 Å². The maximum Gasteiger partial charge on any atom is 0.256 e. The van der Waals surface area contributed by atoms with Crippen LogP contribution in [0.15, 0.2) is 18.2 Å². The second-order valence-corrected chi connectivity index (χ2v) is 6.56. The summed E-state index contributed by atoms with van der Waals surface area (Å²) < 4.78 is 5.17. The van der Waals surface area contributed by atoms with Crippen molar-refractivity contribution in [1.82, 2.24) is 4.90 Å². The van der Waals surface area contributed by atoms with Gasteiger partial charge in [-0.05, 0) is 36.0 Å². The molecule has 0 spiro atoms. The number of methoxy groups -OCH3 is 1. The number of nitrogen functional groups attached to an aromatic ring is 1. The minimum atomic E-state index is 0.00755. The number of nitrogens with two attached hydrogens (primary N) is 1. The number of anilines is 1. The zero-order valence-corrected chi connectivity index (χ0v) is 12.8. The third kappa shape index (κ3) is 2.89. The predicted molar refractivity (Wildman–Crippen MR) is 80.9 cm³/mol. The Morgan fingerprint density at radius 3 is 2.65 bits per heavy atom. The molecule has 1 aromatic carbocycles. The zero-order valence-electron chi connectivity index (χ0n) is 12.8. The smallest absolute Gasteiger partial charge is 0.256 e. The first-order valence-electron chi connectivity index (χ1n) is 7.05. The summed E-state index contributed by atoms with van der Waals surface area (Å²) in [6, 6.07) is 5.22. The Morgan fingerprint density at radius 2 is 2.10 bits per heavy atom. The van der Waals surface area contributed by atoms with Crippen molar-refractivity contribution in [3.63, 3.8) is 0 Å². The Bertz CT molecular complexity index is 506. The highest BCUT2D eigenvalue weighted by atomic mass is 16.5. The van der Waals surface area contributed by atoms with Gasteiger partial charge < -0.3 is 15.4 Å². The molecule has 1 fully saturated rings. The first-order valence-corrected chi connectivity index (χ1v) is 7.05. The number of carbonyl (C=O) groups excluding carboxylic acids is 1. The van der Waals surface area contributed by atoms with E-state index >= 15 is 0 Å². The van der Waals surface area contributed by atoms with Crippen molar-refractivity contribution in [1.29, 1.82) is 0 Å². The minimum Gasteiger partial charge on any atom is -0.497 e. The number of hydrogen-bond donors (Lipinski definition) is 1. The quantitative estimate of drug-likeness (QED) is 0.845. The van der Waals surface area contributed by atoms with Crippen molar-refractivity contribution in [2.24, 2.45) is 11.3 Å². The Balaban J connectivity index is 2.17. The fourth-order valence-electron chi connectivity index (χ4n) is 2.67. The summed E-state index contributed by atoms with van der Waals surface area (Å²) in [7, 11) is 1.59. The van der Waals surface area contributed by atoms with Gasteiger partial charge in [0, 0.05) is 18.8 Å². The SMILES string of the molecule is COc1ccc(N)c(C(=O)N2CCC(C(C)(C)C)C2)c1. The molecule has 2 rings (SSSR count). The second kappa shape index (κ2) is 5.35. The normalized spacial score (nSPS) is 19.2. The molecule has 1 aliphatic rings. The molecule has 0 aromatic heterocycles. The molecule has 2 N–H and O–H groups in total. The lowest BCUT2D eigenvalue weighted by atomic mass is 9.80. The lowest BCUT2D eigenvalue weighted by Crippen LogP contribution is -2.31. The summed E-state index contributed by atoms with van der Waals surface area (Å²) in [6.07, 6.45) is 1.05. The van der Waals surface area contributed by atoms with Crippen molar-refractivity contribution < 1.29 is 9.53 Å². The van der Waals surface area contributed by atoms with E-state index in [0.717, 1.165) is 19.5 Å². The molecule has 1 saturated heterocycles. The van der Waals surface area contributed by atoms with Gasteiger partial charge in [-0.1, -0.05) is 20.8 Å². The highest BCUT2D eigenvalue weighted by Crippen LogP contribution is 2.34. The molecule has 0 radical (unpaired) electrons. The maximum atomic E-state index is 12.6. The number of likely N-dealkylation sites (tertiary alicyclic amines) is 1. The van der Waals surface area contributed by atoms with Gasteiger partial charge in [0.2, 0.25) is 0 Å². The molecule has 1 aromatic rings. The molecule has 1 unspecified atom stereocenters. The summed E-state index contributed by atoms with van der Waals surface area (Å²) in [6.45, 7) is 8.29. The van der Waals surface area contributed by atoms with Crippen LogP contribution in [0.2, 0.25) is 0 Å². The van der Waals surface area contributed by atoms with Crippen LogP contribution in [-0.2, 0) is 0 Å². The average molecular weight is 276 g/mol. The van der Waals surface area contributed by atoms with E-state index in [1.165, 1.54) is 0 Å². The molecule has 1 atom stereocenters. The number of nitrogens with zero attached hydrogens (tertiary/aromatic N) is 1. The zero-order chi connectivity index (χ0) is 14.9. The van der Waals surface area contributed by atoms with Crippen molar-refractivity contribution in [3.8, 4) is 5.75 Å². The molecule has 0 bridgehead atoms. The fraction of sp³-hybridized carbons (Fsp3) is 0.562. The summed E-state index contributed by atoms with van der Waals surface area (Å²) in [5.41, 5.74) is 7.21. The van der Waals surface area contributed by atoms with Crippen molar-refractivity contribution in [2.75, 3.05) is 25.9 Å². The van der Waals surface area contributed by atoms with Crippen LogP contribution in [0.25, 0.3) is 0 Å². The Morgan fingerprint density at radius 1 is 1.40 bits per heavy atom. The van der Waals surface area contributed by atoms with Gasteiger partial charge >= 0.3 is 0 Å². The lowest BCUT2D eigenvalue weighted by Gasteiger charge is -2.27. The molecular weight excluding hydrogens is 252 g/mol. The molecule has 110 valence electrons. The van der Waals surface area contributed by atoms with Crippen molar-refractivity contribution in [2.45, 2.75) is 27.2 Å². The molecule has 0 saturated carbocycles. The number of benzene rings is 1. The van der Waals surface area contributed by atoms with Crippen LogP contribution in [0, 0.1) is 11.3 Å². The Hall–Kier alpha value is -1.71. The third-order valence-corrected chi connectivity index (χ3v) is 4.19. The van der Waals surface area contributed by atoms with Crippen LogP contribution in [0.1, 0.15) is 37.6 Å². The van der Waals surface area contributed by atoms with Crippen molar-refractivity contribution in [3.05, 3.63) is 23.8 Å². The highest BCUT2D eigenvalue weighted by Gasteiger charge is 2.34. The van der Waals surface area contributed by atoms with E-state index in [1.807, 2.05) is 4.90 Å². The van der Waals surface area contributed by atoms with E-state index in [9.17, 15) is 4.79 Å². The van der Waals surface area contributed by atoms with Gasteiger partial charge in [-0.25, -0.2) is 0 Å². The van der Waals surface area contributed by atoms with Gasteiger partial charge in [0.25, 0.3) is 5.91 Å². The fourth-order valence-corrected chi connectivity index (χ4v) is 2.67. The summed E-state index contributed by atoms with van der Waals surface area (Å²) in [5.74, 6) is 1.21. The molecule has 0 aliphatic carbocycles. The van der Waals surface area contributed by atoms with Gasteiger partial charge in [-0.15, -0.1) is 0 Å². The van der Waals surface area contributed by atoms with Crippen LogP contribution in [0.4, 0.5) is 5.69 Å². The van der Waals surface area contributed by atoms with E-state index in [4.69, 9.17) is 10.5 Å². The molecule has 1 amide bonds. The summed E-state index contributed by atoms with van der Waals surface area (Å²) in [4.78, 5) is 14.5. The maximum absolute atomic E-state index is 12.6. The van der Waals surface area contributed by atoms with E-state index in [-0.39, 0.29) is 11.3 Å². The molecule has 1 aliphatic heterocycles. The van der Waals surface area contributed by atoms with Crippen LogP contribution in [0.5, 0.6) is 5.75 Å². The largest absolute Gasteiger partial charge is 0.497 e. The van der Waals surface area contributed by atoms with Crippen LogP contribution >= 0.6 is 0 Å². The van der Waals surface area contributed by atoms with E-state index in [0.29, 0.717) is 22.9 Å². The molecule has 1 heterocycles. The third-order valence-electron chi connectivity index (χ3n) is 4.19. The van der Waals surface area contributed by atoms with E-state index < -0.39 is 0 Å². The molecule has 4 heteroatoms. The summed E-state index contributed by atoms with van der Waals surface area (Å²) in [5, 5.41) is 0. The molecule has 20 heavy (non-hydrogen) atoms. The predicted octanol–water partition coefficient (Wildman–Crippen LogP) is 2.79. The Kier molecular flexibility index (Phi) is 3.93. The van der Waals surface area contributed by atoms with Gasteiger partial charge in [-0.3, -0.25) is 4.79 Å². The topological polar surface area (TPSA) is 55.6 Å². The number of hydrogen-bond acceptors (Lipinski definition) is 3. The van der Waals surface area contributed by atoms with Crippen LogP contribution in [-0.4, -0.2) is 31.0 Å². The number of amides is 1. The Labute approximate surface area is 120 Å².